The van der Waals surface area contributed by atoms with Crippen LogP contribution in [0, 0.1) is 0 Å². The first-order chi connectivity index (χ1) is 12.5. The molecule has 1 amide bonds. The van der Waals surface area contributed by atoms with Crippen LogP contribution in [0.15, 0.2) is 23.6 Å². The molecule has 26 heavy (non-hydrogen) atoms. The van der Waals surface area contributed by atoms with Gasteiger partial charge in [-0.05, 0) is 47.5 Å². The lowest BCUT2D eigenvalue weighted by Gasteiger charge is -2.11. The minimum Gasteiger partial charge on any atom is -0.493 e. The SMILES string of the molecule is COc1cc(CCNC(C)=O)cc(Cl)c1OC.c1cc2c(s1)COCC2. The van der Waals surface area contributed by atoms with E-state index in [9.17, 15) is 4.79 Å². The van der Waals surface area contributed by atoms with E-state index in [0.717, 1.165) is 25.2 Å². The van der Waals surface area contributed by atoms with Gasteiger partial charge in [0.05, 0.1) is 32.5 Å². The molecule has 1 aromatic carbocycles. The molecule has 1 aromatic heterocycles. The largest absolute Gasteiger partial charge is 0.493 e. The summed E-state index contributed by atoms with van der Waals surface area (Å²) in [5, 5.41) is 5.37. The van der Waals surface area contributed by atoms with Crippen molar-refractivity contribution in [2.75, 3.05) is 27.4 Å². The summed E-state index contributed by atoms with van der Waals surface area (Å²) in [4.78, 5) is 12.2. The summed E-state index contributed by atoms with van der Waals surface area (Å²) < 4.78 is 15.6. The topological polar surface area (TPSA) is 56.8 Å². The number of benzene rings is 1. The normalized spacial score (nSPS) is 12.5. The molecule has 0 saturated heterocycles. The number of amides is 1. The summed E-state index contributed by atoms with van der Waals surface area (Å²) in [6.45, 7) is 3.81. The molecular formula is C19H24ClNO4S. The van der Waals surface area contributed by atoms with Gasteiger partial charge in [0, 0.05) is 18.3 Å². The third-order valence-electron chi connectivity index (χ3n) is 3.87. The molecule has 0 spiro atoms. The van der Waals surface area contributed by atoms with Crippen LogP contribution in [0.25, 0.3) is 0 Å². The number of halogens is 1. The highest BCUT2D eigenvalue weighted by Crippen LogP contribution is 2.36. The highest BCUT2D eigenvalue weighted by Gasteiger charge is 2.11. The molecular weight excluding hydrogens is 374 g/mol. The van der Waals surface area contributed by atoms with Crippen molar-refractivity contribution in [3.05, 3.63) is 44.6 Å². The van der Waals surface area contributed by atoms with Gasteiger partial charge < -0.3 is 19.5 Å². The third kappa shape index (κ3) is 5.90. The second-order valence-corrected chi connectivity index (χ2v) is 7.13. The van der Waals surface area contributed by atoms with Crippen LogP contribution in [-0.2, 0) is 29.0 Å². The number of ether oxygens (including phenoxy) is 3. The van der Waals surface area contributed by atoms with E-state index in [1.54, 1.807) is 25.6 Å². The predicted octanol–water partition coefficient (Wildman–Crippen LogP) is 3.86. The van der Waals surface area contributed by atoms with Crippen molar-refractivity contribution in [3.63, 3.8) is 0 Å². The fourth-order valence-electron chi connectivity index (χ4n) is 2.56. The number of hydrogen-bond donors (Lipinski definition) is 1. The zero-order valence-corrected chi connectivity index (χ0v) is 16.8. The molecule has 1 aliphatic rings. The summed E-state index contributed by atoms with van der Waals surface area (Å²) in [6.07, 6.45) is 1.80. The Bertz CT molecular complexity index is 712. The number of fused-ring (bicyclic) bond motifs is 1. The van der Waals surface area contributed by atoms with E-state index < -0.39 is 0 Å². The lowest BCUT2D eigenvalue weighted by molar-refractivity contribution is -0.118. The molecule has 1 aliphatic heterocycles. The van der Waals surface area contributed by atoms with E-state index in [0.29, 0.717) is 29.5 Å². The Labute approximate surface area is 163 Å². The standard InChI is InChI=1S/C12H16ClNO3.C7H8OS/c1-8(15)14-5-4-9-6-10(13)12(17-3)11(7-9)16-2;1-3-8-5-7-6(1)2-4-9-7/h6-7H,4-5H2,1-3H3,(H,14,15);2,4H,1,3,5H2. The van der Waals surface area contributed by atoms with E-state index in [1.165, 1.54) is 17.4 Å². The van der Waals surface area contributed by atoms with Crippen molar-refractivity contribution in [2.45, 2.75) is 26.4 Å². The molecule has 0 fully saturated rings. The Morgan fingerprint density at radius 2 is 2.15 bits per heavy atom. The molecule has 0 bridgehead atoms. The average Bonchev–Trinajstić information content (AvgIpc) is 3.10. The minimum atomic E-state index is -0.0448. The first-order valence-electron chi connectivity index (χ1n) is 8.33. The quantitative estimate of drug-likeness (QED) is 0.832. The smallest absolute Gasteiger partial charge is 0.216 e. The summed E-state index contributed by atoms with van der Waals surface area (Å²) in [7, 11) is 3.10. The van der Waals surface area contributed by atoms with Crippen LogP contribution in [0.4, 0.5) is 0 Å². The van der Waals surface area contributed by atoms with Crippen LogP contribution < -0.4 is 14.8 Å². The number of carbonyl (C=O) groups excluding carboxylic acids is 1. The van der Waals surface area contributed by atoms with Crippen LogP contribution >= 0.6 is 22.9 Å². The van der Waals surface area contributed by atoms with Gasteiger partial charge in [-0.2, -0.15) is 0 Å². The van der Waals surface area contributed by atoms with Crippen molar-refractivity contribution in [1.29, 1.82) is 0 Å². The van der Waals surface area contributed by atoms with E-state index in [-0.39, 0.29) is 5.91 Å². The maximum atomic E-state index is 10.7. The monoisotopic (exact) mass is 397 g/mol. The Hall–Kier alpha value is -1.76. The Morgan fingerprint density at radius 3 is 2.81 bits per heavy atom. The maximum Gasteiger partial charge on any atom is 0.216 e. The van der Waals surface area contributed by atoms with Gasteiger partial charge in [0.15, 0.2) is 11.5 Å². The van der Waals surface area contributed by atoms with Crippen molar-refractivity contribution >= 4 is 28.8 Å². The molecule has 3 rings (SSSR count). The Kier molecular flexibility index (Phi) is 8.22. The van der Waals surface area contributed by atoms with Gasteiger partial charge in [-0.15, -0.1) is 11.3 Å². The maximum absolute atomic E-state index is 10.7. The molecule has 2 aromatic rings. The number of rotatable bonds is 5. The highest BCUT2D eigenvalue weighted by atomic mass is 35.5. The molecule has 2 heterocycles. The predicted molar refractivity (Wildman–Crippen MR) is 105 cm³/mol. The van der Waals surface area contributed by atoms with Crippen molar-refractivity contribution in [2.24, 2.45) is 0 Å². The average molecular weight is 398 g/mol. The number of carbonyl (C=O) groups is 1. The minimum absolute atomic E-state index is 0.0448. The second-order valence-electron chi connectivity index (χ2n) is 5.72. The van der Waals surface area contributed by atoms with Gasteiger partial charge >= 0.3 is 0 Å². The third-order valence-corrected chi connectivity index (χ3v) is 5.09. The molecule has 5 nitrogen and oxygen atoms in total. The Morgan fingerprint density at radius 1 is 1.35 bits per heavy atom. The highest BCUT2D eigenvalue weighted by molar-refractivity contribution is 7.10. The molecule has 0 radical (unpaired) electrons. The van der Waals surface area contributed by atoms with Gasteiger partial charge in [-0.25, -0.2) is 0 Å². The molecule has 7 heteroatoms. The molecule has 1 N–H and O–H groups in total. The van der Waals surface area contributed by atoms with E-state index >= 15 is 0 Å². The van der Waals surface area contributed by atoms with Crippen LogP contribution in [0.3, 0.4) is 0 Å². The Balaban J connectivity index is 0.000000223. The summed E-state index contributed by atoms with van der Waals surface area (Å²) in [5.74, 6) is 1.08. The van der Waals surface area contributed by atoms with E-state index in [1.807, 2.05) is 12.1 Å². The fraction of sp³-hybridized carbons (Fsp3) is 0.421. The van der Waals surface area contributed by atoms with Gasteiger partial charge in [0.2, 0.25) is 5.91 Å². The summed E-state index contributed by atoms with van der Waals surface area (Å²) in [5.41, 5.74) is 2.48. The van der Waals surface area contributed by atoms with Crippen molar-refractivity contribution in [1.82, 2.24) is 5.32 Å². The number of methoxy groups -OCH3 is 2. The van der Waals surface area contributed by atoms with Gasteiger partial charge in [0.1, 0.15) is 0 Å². The van der Waals surface area contributed by atoms with Gasteiger partial charge in [-0.3, -0.25) is 4.79 Å². The molecule has 0 saturated carbocycles. The second kappa shape index (κ2) is 10.4. The number of thiophene rings is 1. The van der Waals surface area contributed by atoms with E-state index in [4.69, 9.17) is 25.8 Å². The van der Waals surface area contributed by atoms with Crippen LogP contribution in [-0.4, -0.2) is 33.3 Å². The molecule has 142 valence electrons. The van der Waals surface area contributed by atoms with E-state index in [2.05, 4.69) is 16.8 Å². The zero-order valence-electron chi connectivity index (χ0n) is 15.3. The molecule has 0 aliphatic carbocycles. The van der Waals surface area contributed by atoms with Gasteiger partial charge in [0.25, 0.3) is 0 Å². The van der Waals surface area contributed by atoms with Crippen LogP contribution in [0.5, 0.6) is 11.5 Å². The summed E-state index contributed by atoms with van der Waals surface area (Å²) in [6, 6.07) is 5.86. The first kappa shape index (κ1) is 20.6. The number of nitrogens with one attached hydrogen (secondary N) is 1. The lowest BCUT2D eigenvalue weighted by atomic mass is 10.1. The zero-order chi connectivity index (χ0) is 18.9. The lowest BCUT2D eigenvalue weighted by Crippen LogP contribution is -2.22. The van der Waals surface area contributed by atoms with Crippen LogP contribution in [0.2, 0.25) is 5.02 Å². The fourth-order valence-corrected chi connectivity index (χ4v) is 3.74. The first-order valence-corrected chi connectivity index (χ1v) is 9.58. The summed E-state index contributed by atoms with van der Waals surface area (Å²) >= 11 is 7.86. The number of hydrogen-bond acceptors (Lipinski definition) is 5. The van der Waals surface area contributed by atoms with Crippen molar-refractivity contribution < 1.29 is 19.0 Å². The molecule has 0 atom stereocenters. The van der Waals surface area contributed by atoms with Gasteiger partial charge in [-0.1, -0.05) is 11.6 Å². The van der Waals surface area contributed by atoms with Crippen LogP contribution in [0.1, 0.15) is 22.9 Å². The van der Waals surface area contributed by atoms with Crippen molar-refractivity contribution in [3.8, 4) is 11.5 Å². The molecule has 0 unspecified atom stereocenters.